The number of nitrogens with one attached hydrogen (secondary N) is 1. The van der Waals surface area contributed by atoms with Crippen LogP contribution in [-0.2, 0) is 13.5 Å². The van der Waals surface area contributed by atoms with Crippen LogP contribution >= 0.6 is 0 Å². The second kappa shape index (κ2) is 5.35. The monoisotopic (exact) mass is 244 g/mol. The molecule has 0 bridgehead atoms. The number of carbonyl (C=O) groups is 1. The molecule has 1 amide bonds. The number of nitrogens with two attached hydrogens (primary N) is 1. The Hall–Kier alpha value is -2.30. The zero-order valence-electron chi connectivity index (χ0n) is 10.3. The Balaban J connectivity index is 1.85. The van der Waals surface area contributed by atoms with Crippen molar-refractivity contribution in [2.75, 3.05) is 11.9 Å². The van der Waals surface area contributed by atoms with Gasteiger partial charge in [-0.25, -0.2) is 0 Å². The van der Waals surface area contributed by atoms with Crippen LogP contribution in [0.25, 0.3) is 0 Å². The lowest BCUT2D eigenvalue weighted by Gasteiger charge is -2.05. The fourth-order valence-corrected chi connectivity index (χ4v) is 1.70. The molecule has 94 valence electrons. The minimum absolute atomic E-state index is 0.406. The molecule has 0 spiro atoms. The number of hydrogen-bond donors (Lipinski definition) is 2. The topological polar surface area (TPSA) is 72.9 Å². The summed E-state index contributed by atoms with van der Waals surface area (Å²) in [6.45, 7) is 0.821. The van der Waals surface area contributed by atoms with Crippen molar-refractivity contribution in [1.82, 2.24) is 9.78 Å². The Morgan fingerprint density at radius 3 is 2.67 bits per heavy atom. The highest BCUT2D eigenvalue weighted by molar-refractivity contribution is 5.93. The molecule has 18 heavy (non-hydrogen) atoms. The molecule has 3 N–H and O–H groups in total. The van der Waals surface area contributed by atoms with Crippen molar-refractivity contribution in [2.45, 2.75) is 6.42 Å². The molecule has 1 aromatic carbocycles. The number of benzene rings is 1. The second-order valence-corrected chi connectivity index (χ2v) is 4.14. The van der Waals surface area contributed by atoms with Gasteiger partial charge in [-0.3, -0.25) is 9.48 Å². The molecule has 2 rings (SSSR count). The van der Waals surface area contributed by atoms with E-state index in [0.717, 1.165) is 18.7 Å². The van der Waals surface area contributed by atoms with E-state index in [1.54, 1.807) is 16.8 Å². The summed E-state index contributed by atoms with van der Waals surface area (Å²) < 4.78 is 1.79. The van der Waals surface area contributed by atoms with Gasteiger partial charge in [0.2, 0.25) is 5.91 Å². The van der Waals surface area contributed by atoms with E-state index >= 15 is 0 Å². The summed E-state index contributed by atoms with van der Waals surface area (Å²) in [4.78, 5) is 10.9. The van der Waals surface area contributed by atoms with Crippen molar-refractivity contribution in [3.63, 3.8) is 0 Å². The third-order valence-corrected chi connectivity index (χ3v) is 2.67. The molecule has 5 heteroatoms. The van der Waals surface area contributed by atoms with Crippen LogP contribution in [0.1, 0.15) is 15.9 Å². The number of primary amides is 1. The first-order valence-electron chi connectivity index (χ1n) is 5.76. The summed E-state index contributed by atoms with van der Waals surface area (Å²) in [6.07, 6.45) is 4.77. The molecule has 0 aliphatic rings. The smallest absolute Gasteiger partial charge is 0.248 e. The van der Waals surface area contributed by atoms with Gasteiger partial charge in [0.1, 0.15) is 0 Å². The lowest BCUT2D eigenvalue weighted by Crippen LogP contribution is -2.11. The fourth-order valence-electron chi connectivity index (χ4n) is 1.70. The lowest BCUT2D eigenvalue weighted by molar-refractivity contribution is 0.100. The molecule has 0 aliphatic heterocycles. The van der Waals surface area contributed by atoms with Crippen molar-refractivity contribution < 1.29 is 4.79 Å². The SMILES string of the molecule is Cn1cc(CCNc2ccc(C(N)=O)cc2)cn1. The molecule has 0 radical (unpaired) electrons. The van der Waals surface area contributed by atoms with Crippen LogP contribution in [0.15, 0.2) is 36.7 Å². The number of aromatic nitrogens is 2. The van der Waals surface area contributed by atoms with Crippen LogP contribution in [0, 0.1) is 0 Å². The zero-order chi connectivity index (χ0) is 13.0. The van der Waals surface area contributed by atoms with Crippen LogP contribution in [0.4, 0.5) is 5.69 Å². The molecule has 0 unspecified atom stereocenters. The summed E-state index contributed by atoms with van der Waals surface area (Å²) in [5, 5.41) is 7.39. The normalized spacial score (nSPS) is 10.3. The van der Waals surface area contributed by atoms with Crippen molar-refractivity contribution in [1.29, 1.82) is 0 Å². The third kappa shape index (κ3) is 3.10. The average molecular weight is 244 g/mol. The summed E-state index contributed by atoms with van der Waals surface area (Å²) in [6, 6.07) is 7.14. The van der Waals surface area contributed by atoms with Gasteiger partial charge in [0, 0.05) is 31.0 Å². The summed E-state index contributed by atoms with van der Waals surface area (Å²) in [5.41, 5.74) is 7.86. The Morgan fingerprint density at radius 2 is 2.11 bits per heavy atom. The number of aryl methyl sites for hydroxylation is 1. The molecule has 2 aromatic rings. The van der Waals surface area contributed by atoms with E-state index in [2.05, 4.69) is 10.4 Å². The van der Waals surface area contributed by atoms with Gasteiger partial charge >= 0.3 is 0 Å². The van der Waals surface area contributed by atoms with Crippen LogP contribution in [0.5, 0.6) is 0 Å². The van der Waals surface area contributed by atoms with Gasteiger partial charge in [-0.15, -0.1) is 0 Å². The molecule has 0 fully saturated rings. The maximum atomic E-state index is 10.9. The average Bonchev–Trinajstić information content (AvgIpc) is 2.76. The van der Waals surface area contributed by atoms with Gasteiger partial charge in [0.15, 0.2) is 0 Å². The van der Waals surface area contributed by atoms with E-state index in [0.29, 0.717) is 5.56 Å². The predicted molar refractivity (Wildman–Crippen MR) is 70.4 cm³/mol. The Bertz CT molecular complexity index is 530. The zero-order valence-corrected chi connectivity index (χ0v) is 10.3. The number of amides is 1. The Kier molecular flexibility index (Phi) is 3.62. The van der Waals surface area contributed by atoms with Gasteiger partial charge in [-0.2, -0.15) is 5.10 Å². The van der Waals surface area contributed by atoms with E-state index in [4.69, 9.17) is 5.73 Å². The van der Waals surface area contributed by atoms with E-state index < -0.39 is 5.91 Å². The van der Waals surface area contributed by atoms with Gasteiger partial charge < -0.3 is 11.1 Å². The summed E-state index contributed by atoms with van der Waals surface area (Å²) in [5.74, 6) is -0.406. The Morgan fingerprint density at radius 1 is 1.39 bits per heavy atom. The highest BCUT2D eigenvalue weighted by atomic mass is 16.1. The van der Waals surface area contributed by atoms with Crippen LogP contribution in [0.2, 0.25) is 0 Å². The third-order valence-electron chi connectivity index (χ3n) is 2.67. The predicted octanol–water partition coefficient (Wildman–Crippen LogP) is 1.17. The van der Waals surface area contributed by atoms with E-state index in [9.17, 15) is 4.79 Å². The first kappa shape index (κ1) is 12.2. The van der Waals surface area contributed by atoms with Crippen molar-refractivity contribution in [3.8, 4) is 0 Å². The van der Waals surface area contributed by atoms with Crippen LogP contribution < -0.4 is 11.1 Å². The molecule has 0 atom stereocenters. The minimum Gasteiger partial charge on any atom is -0.385 e. The maximum absolute atomic E-state index is 10.9. The van der Waals surface area contributed by atoms with E-state index in [1.807, 2.05) is 31.6 Å². The van der Waals surface area contributed by atoms with Crippen LogP contribution in [-0.4, -0.2) is 22.2 Å². The van der Waals surface area contributed by atoms with E-state index in [1.165, 1.54) is 5.56 Å². The quantitative estimate of drug-likeness (QED) is 0.829. The molecular formula is C13H16N4O. The first-order chi connectivity index (χ1) is 8.65. The largest absolute Gasteiger partial charge is 0.385 e. The van der Waals surface area contributed by atoms with Crippen molar-refractivity contribution in [3.05, 3.63) is 47.8 Å². The maximum Gasteiger partial charge on any atom is 0.248 e. The molecule has 1 aromatic heterocycles. The first-order valence-corrected chi connectivity index (χ1v) is 5.76. The number of anilines is 1. The van der Waals surface area contributed by atoms with Crippen LogP contribution in [0.3, 0.4) is 0 Å². The molecule has 0 saturated heterocycles. The number of hydrogen-bond acceptors (Lipinski definition) is 3. The number of rotatable bonds is 5. The van der Waals surface area contributed by atoms with Crippen molar-refractivity contribution in [2.24, 2.45) is 12.8 Å². The van der Waals surface area contributed by atoms with Gasteiger partial charge in [0.05, 0.1) is 6.20 Å². The number of nitrogens with zero attached hydrogens (tertiary/aromatic N) is 2. The standard InChI is InChI=1S/C13H16N4O/c1-17-9-10(8-16-17)6-7-15-12-4-2-11(3-5-12)13(14)18/h2-5,8-9,15H,6-7H2,1H3,(H2,14,18). The molecule has 5 nitrogen and oxygen atoms in total. The minimum atomic E-state index is -0.406. The highest BCUT2D eigenvalue weighted by Gasteiger charge is 2.00. The molecule has 1 heterocycles. The highest BCUT2D eigenvalue weighted by Crippen LogP contribution is 2.09. The fraction of sp³-hybridized carbons (Fsp3) is 0.231. The molecular weight excluding hydrogens is 228 g/mol. The molecule has 0 aliphatic carbocycles. The van der Waals surface area contributed by atoms with Gasteiger partial charge in [0.25, 0.3) is 0 Å². The second-order valence-electron chi connectivity index (χ2n) is 4.14. The van der Waals surface area contributed by atoms with Gasteiger partial charge in [-0.05, 0) is 36.2 Å². The Labute approximate surface area is 106 Å². The van der Waals surface area contributed by atoms with Crippen molar-refractivity contribution >= 4 is 11.6 Å². The molecule has 0 saturated carbocycles. The number of carbonyl (C=O) groups excluding carboxylic acids is 1. The summed E-state index contributed by atoms with van der Waals surface area (Å²) in [7, 11) is 1.90. The van der Waals surface area contributed by atoms with Gasteiger partial charge in [-0.1, -0.05) is 0 Å². The lowest BCUT2D eigenvalue weighted by atomic mass is 10.2. The summed E-state index contributed by atoms with van der Waals surface area (Å²) >= 11 is 0. The van der Waals surface area contributed by atoms with E-state index in [-0.39, 0.29) is 0 Å².